The molecule has 1 aliphatic carbocycles. The molecule has 0 saturated heterocycles. The molecule has 0 saturated carbocycles. The zero-order valence-corrected chi connectivity index (χ0v) is 12.4. The van der Waals surface area contributed by atoms with Crippen molar-refractivity contribution < 1.29 is 27.5 Å². The Kier molecular flexibility index (Phi) is 4.31. The maximum atomic E-state index is 12.5. The minimum Gasteiger partial charge on any atom is -0.451 e. The van der Waals surface area contributed by atoms with Crippen molar-refractivity contribution in [2.45, 2.75) is 45.4 Å². The highest BCUT2D eigenvalue weighted by Crippen LogP contribution is 2.40. The predicted molar refractivity (Wildman–Crippen MR) is 73.3 cm³/mol. The minimum absolute atomic E-state index is 0.142. The molecule has 1 unspecified atom stereocenters. The molecule has 0 fully saturated rings. The summed E-state index contributed by atoms with van der Waals surface area (Å²) in [5.41, 5.74) is 0.274. The van der Waals surface area contributed by atoms with Crippen LogP contribution < -0.4 is 0 Å². The van der Waals surface area contributed by atoms with Crippen molar-refractivity contribution in [1.29, 1.82) is 0 Å². The first-order valence-electron chi connectivity index (χ1n) is 7.00. The van der Waals surface area contributed by atoms with E-state index in [4.69, 9.17) is 0 Å². The van der Waals surface area contributed by atoms with Gasteiger partial charge in [-0.1, -0.05) is 38.1 Å². The molecule has 1 aromatic rings. The summed E-state index contributed by atoms with van der Waals surface area (Å²) in [6, 6.07) is 6.37. The highest BCUT2D eigenvalue weighted by molar-refractivity contribution is 5.97. The van der Waals surface area contributed by atoms with E-state index in [1.165, 1.54) is 0 Å². The standard InChI is InChI=1S/C16H17F3O3/c1-15(2)8-7-12(20)10-5-3-4-6-11(10)13(9-15)22-14(21)16(17,18)19/h3-6,13H,7-9H2,1-2H3. The molecule has 0 spiro atoms. The molecule has 0 aliphatic heterocycles. The average molecular weight is 314 g/mol. The highest BCUT2D eigenvalue weighted by Gasteiger charge is 2.44. The zero-order valence-electron chi connectivity index (χ0n) is 12.4. The van der Waals surface area contributed by atoms with Crippen LogP contribution in [0.15, 0.2) is 24.3 Å². The van der Waals surface area contributed by atoms with E-state index in [0.29, 0.717) is 24.0 Å². The predicted octanol–water partition coefficient (Wildman–Crippen LogP) is 4.23. The van der Waals surface area contributed by atoms with Crippen molar-refractivity contribution >= 4 is 11.8 Å². The third kappa shape index (κ3) is 3.67. The maximum absolute atomic E-state index is 12.5. The molecular formula is C16H17F3O3. The molecule has 1 atom stereocenters. The van der Waals surface area contributed by atoms with Crippen LogP contribution in [0.25, 0.3) is 0 Å². The molecule has 0 heterocycles. The minimum atomic E-state index is -5.05. The number of carbonyl (C=O) groups excluding carboxylic acids is 2. The molecule has 120 valence electrons. The van der Waals surface area contributed by atoms with Crippen LogP contribution in [0.4, 0.5) is 13.2 Å². The van der Waals surface area contributed by atoms with Gasteiger partial charge in [-0.25, -0.2) is 4.79 Å². The van der Waals surface area contributed by atoms with Crippen molar-refractivity contribution in [3.63, 3.8) is 0 Å². The number of hydrogen-bond acceptors (Lipinski definition) is 3. The number of alkyl halides is 3. The Balaban J connectivity index is 2.41. The smallest absolute Gasteiger partial charge is 0.451 e. The van der Waals surface area contributed by atoms with Crippen molar-refractivity contribution in [2.24, 2.45) is 5.41 Å². The molecule has 1 aromatic carbocycles. The lowest BCUT2D eigenvalue weighted by atomic mass is 9.76. The van der Waals surface area contributed by atoms with Crippen molar-refractivity contribution in [2.75, 3.05) is 0 Å². The molecule has 1 aliphatic rings. The topological polar surface area (TPSA) is 43.4 Å². The number of Topliss-reactive ketones (excluding diaryl/α,β-unsaturated/α-hetero) is 1. The van der Waals surface area contributed by atoms with E-state index in [2.05, 4.69) is 4.74 Å². The van der Waals surface area contributed by atoms with E-state index >= 15 is 0 Å². The van der Waals surface area contributed by atoms with Gasteiger partial charge in [0.15, 0.2) is 5.78 Å². The van der Waals surface area contributed by atoms with E-state index in [-0.39, 0.29) is 12.2 Å². The Morgan fingerprint density at radius 2 is 1.91 bits per heavy atom. The second-order valence-corrected chi connectivity index (χ2v) is 6.27. The number of carbonyl (C=O) groups is 2. The summed E-state index contributed by atoms with van der Waals surface area (Å²) in [6.07, 6.45) is -5.04. The first-order valence-corrected chi connectivity index (χ1v) is 7.00. The zero-order chi connectivity index (χ0) is 16.5. The number of ketones is 1. The monoisotopic (exact) mass is 314 g/mol. The maximum Gasteiger partial charge on any atom is 0.490 e. The number of rotatable bonds is 1. The average Bonchev–Trinajstić information content (AvgIpc) is 2.42. The molecule has 0 N–H and O–H groups in total. The van der Waals surface area contributed by atoms with Gasteiger partial charge in [0.2, 0.25) is 0 Å². The van der Waals surface area contributed by atoms with Gasteiger partial charge >= 0.3 is 12.1 Å². The van der Waals surface area contributed by atoms with Gasteiger partial charge in [0.1, 0.15) is 6.10 Å². The molecule has 0 amide bonds. The second kappa shape index (κ2) is 5.74. The molecule has 0 aromatic heterocycles. The molecule has 0 bridgehead atoms. The summed E-state index contributed by atoms with van der Waals surface area (Å²) in [4.78, 5) is 23.4. The van der Waals surface area contributed by atoms with E-state index in [1.807, 2.05) is 13.8 Å². The number of fused-ring (bicyclic) bond motifs is 1. The van der Waals surface area contributed by atoms with Crippen LogP contribution >= 0.6 is 0 Å². The first-order chi connectivity index (χ1) is 10.1. The van der Waals surface area contributed by atoms with Crippen LogP contribution in [-0.2, 0) is 9.53 Å². The van der Waals surface area contributed by atoms with Crippen LogP contribution in [0.5, 0.6) is 0 Å². The Morgan fingerprint density at radius 1 is 1.27 bits per heavy atom. The lowest BCUT2D eigenvalue weighted by molar-refractivity contribution is -0.206. The Labute approximate surface area is 126 Å². The van der Waals surface area contributed by atoms with Crippen LogP contribution in [0.2, 0.25) is 0 Å². The fourth-order valence-electron chi connectivity index (χ4n) is 2.63. The van der Waals surface area contributed by atoms with Gasteiger partial charge in [0.25, 0.3) is 0 Å². The molecule has 22 heavy (non-hydrogen) atoms. The van der Waals surface area contributed by atoms with Crippen LogP contribution in [0.1, 0.15) is 55.1 Å². The summed E-state index contributed by atoms with van der Waals surface area (Å²) in [6.45, 7) is 3.70. The number of hydrogen-bond donors (Lipinski definition) is 0. The number of ether oxygens (including phenoxy) is 1. The third-order valence-electron chi connectivity index (χ3n) is 3.86. The van der Waals surface area contributed by atoms with Gasteiger partial charge in [-0.2, -0.15) is 13.2 Å². The second-order valence-electron chi connectivity index (χ2n) is 6.27. The van der Waals surface area contributed by atoms with E-state index in [9.17, 15) is 22.8 Å². The SMILES string of the molecule is CC1(C)CCC(=O)c2ccccc2C(OC(=O)C(F)(F)F)C1. The van der Waals surface area contributed by atoms with Crippen LogP contribution in [0.3, 0.4) is 0 Å². The van der Waals surface area contributed by atoms with Gasteiger partial charge in [-0.05, 0) is 18.3 Å². The van der Waals surface area contributed by atoms with Gasteiger partial charge < -0.3 is 4.74 Å². The summed E-state index contributed by atoms with van der Waals surface area (Å²) < 4.78 is 42.2. The van der Waals surface area contributed by atoms with Crippen LogP contribution in [-0.4, -0.2) is 17.9 Å². The van der Waals surface area contributed by atoms with Gasteiger partial charge in [0, 0.05) is 17.5 Å². The quantitative estimate of drug-likeness (QED) is 0.729. The largest absolute Gasteiger partial charge is 0.490 e. The van der Waals surface area contributed by atoms with Crippen molar-refractivity contribution in [3.8, 4) is 0 Å². The lowest BCUT2D eigenvalue weighted by Crippen LogP contribution is -2.31. The van der Waals surface area contributed by atoms with E-state index in [1.54, 1.807) is 24.3 Å². The van der Waals surface area contributed by atoms with Crippen molar-refractivity contribution in [1.82, 2.24) is 0 Å². The molecular weight excluding hydrogens is 297 g/mol. The fraction of sp³-hybridized carbons (Fsp3) is 0.500. The number of halogens is 3. The van der Waals surface area contributed by atoms with Gasteiger partial charge in [0.05, 0.1) is 0 Å². The number of benzene rings is 1. The molecule has 6 heteroatoms. The van der Waals surface area contributed by atoms with Crippen LogP contribution in [0, 0.1) is 5.41 Å². The highest BCUT2D eigenvalue weighted by atomic mass is 19.4. The summed E-state index contributed by atoms with van der Waals surface area (Å²) in [5, 5.41) is 0. The normalized spacial score (nSPS) is 21.5. The summed E-state index contributed by atoms with van der Waals surface area (Å²) in [7, 11) is 0. The fourth-order valence-corrected chi connectivity index (χ4v) is 2.63. The number of esters is 1. The Morgan fingerprint density at radius 3 is 2.55 bits per heavy atom. The summed E-state index contributed by atoms with van der Waals surface area (Å²) >= 11 is 0. The van der Waals surface area contributed by atoms with E-state index < -0.39 is 23.7 Å². The Hall–Kier alpha value is -1.85. The van der Waals surface area contributed by atoms with Crippen molar-refractivity contribution in [3.05, 3.63) is 35.4 Å². The third-order valence-corrected chi connectivity index (χ3v) is 3.86. The summed E-state index contributed by atoms with van der Waals surface area (Å²) in [5.74, 6) is -2.37. The first kappa shape index (κ1) is 16.5. The Bertz CT molecular complexity index is 591. The van der Waals surface area contributed by atoms with Gasteiger partial charge in [-0.15, -0.1) is 0 Å². The van der Waals surface area contributed by atoms with E-state index in [0.717, 1.165) is 0 Å². The lowest BCUT2D eigenvalue weighted by Gasteiger charge is -2.32. The molecule has 3 nitrogen and oxygen atoms in total. The molecule has 0 radical (unpaired) electrons. The molecule has 2 rings (SSSR count). The van der Waals surface area contributed by atoms with Gasteiger partial charge in [-0.3, -0.25) is 4.79 Å².